The van der Waals surface area contributed by atoms with Crippen molar-refractivity contribution in [1.29, 1.82) is 0 Å². The minimum atomic E-state index is -1.20. The van der Waals surface area contributed by atoms with Crippen LogP contribution < -0.4 is 5.73 Å². The third-order valence-corrected chi connectivity index (χ3v) is 4.58. The quantitative estimate of drug-likeness (QED) is 0.325. The van der Waals surface area contributed by atoms with Gasteiger partial charge in [-0.3, -0.25) is 4.79 Å². The summed E-state index contributed by atoms with van der Waals surface area (Å²) in [6, 6.07) is -0.339. The molecule has 9 heteroatoms. The zero-order chi connectivity index (χ0) is 17.1. The van der Waals surface area contributed by atoms with E-state index in [1.54, 1.807) is 0 Å². The van der Waals surface area contributed by atoms with Crippen LogP contribution in [0.4, 0.5) is 0 Å². The minimum absolute atomic E-state index is 0.0816. The lowest BCUT2D eigenvalue weighted by Gasteiger charge is -2.44. The summed E-state index contributed by atoms with van der Waals surface area (Å²) in [6.07, 6.45) is 0.691. The number of hydrogen-bond donors (Lipinski definition) is 3. The number of thioether (sulfide) groups is 1. The fourth-order valence-electron chi connectivity index (χ4n) is 2.72. The second kappa shape index (κ2) is 7.16. The Balaban J connectivity index is 2.06. The molecule has 0 aliphatic carbocycles. The molecule has 0 saturated carbocycles. The van der Waals surface area contributed by atoms with Crippen LogP contribution in [0.3, 0.4) is 0 Å². The fraction of sp³-hybridized carbons (Fsp3) is 0.500. The van der Waals surface area contributed by atoms with Crippen LogP contribution in [0, 0.1) is 5.92 Å². The van der Waals surface area contributed by atoms with Crippen LogP contribution in [-0.2, 0) is 19.1 Å². The highest BCUT2D eigenvalue weighted by Gasteiger charge is 2.56. The molecule has 1 saturated heterocycles. The maximum absolute atomic E-state index is 12.0. The van der Waals surface area contributed by atoms with E-state index in [9.17, 15) is 24.6 Å². The number of ether oxygens (including phenoxy) is 1. The first-order valence-corrected chi connectivity index (χ1v) is 7.94. The van der Waals surface area contributed by atoms with E-state index in [0.29, 0.717) is 11.3 Å². The van der Waals surface area contributed by atoms with Crippen LogP contribution in [0.5, 0.6) is 0 Å². The molecule has 2 heterocycles. The molecule has 126 valence electrons. The van der Waals surface area contributed by atoms with Gasteiger partial charge in [0.15, 0.2) is 0 Å². The summed E-state index contributed by atoms with van der Waals surface area (Å²) < 4.78 is 4.76. The van der Waals surface area contributed by atoms with Gasteiger partial charge in [-0.1, -0.05) is 11.8 Å². The first-order chi connectivity index (χ1) is 10.9. The average Bonchev–Trinajstić information content (AvgIpc) is 2.79. The number of β-lactam (4-membered cyclic amide) rings is 1. The molecular weight excluding hydrogens is 324 g/mol. The number of aliphatic carboxylic acids is 1. The van der Waals surface area contributed by atoms with E-state index in [0.717, 1.165) is 11.8 Å². The van der Waals surface area contributed by atoms with Crippen molar-refractivity contribution >= 4 is 29.6 Å². The number of carboxylic acids is 1. The molecule has 0 radical (unpaired) electrons. The summed E-state index contributed by atoms with van der Waals surface area (Å²) in [5.74, 6) is -2.74. The van der Waals surface area contributed by atoms with Crippen molar-refractivity contribution in [3.05, 3.63) is 22.1 Å². The maximum atomic E-state index is 12.0. The van der Waals surface area contributed by atoms with Gasteiger partial charge in [-0.25, -0.2) is 9.59 Å². The van der Waals surface area contributed by atoms with Gasteiger partial charge < -0.3 is 25.6 Å². The molecule has 2 aliphatic rings. The van der Waals surface area contributed by atoms with Crippen molar-refractivity contribution in [2.24, 2.45) is 11.7 Å². The number of esters is 1. The van der Waals surface area contributed by atoms with Gasteiger partial charge in [0.1, 0.15) is 12.3 Å². The second-order valence-electron chi connectivity index (χ2n) is 5.20. The molecule has 2 aliphatic heterocycles. The van der Waals surface area contributed by atoms with Crippen molar-refractivity contribution in [3.8, 4) is 0 Å². The van der Waals surface area contributed by atoms with Crippen LogP contribution in [0.25, 0.3) is 0 Å². The molecule has 8 nitrogen and oxygen atoms in total. The number of carbonyl (C=O) groups excluding carboxylic acids is 2. The Hall–Kier alpha value is -1.84. The molecule has 0 unspecified atom stereocenters. The molecule has 4 N–H and O–H groups in total. The summed E-state index contributed by atoms with van der Waals surface area (Å²) in [6.45, 7) is 1.84. The first-order valence-electron chi connectivity index (χ1n) is 7.06. The number of rotatable bonds is 7. The summed E-state index contributed by atoms with van der Waals surface area (Å²) >= 11 is 1.06. The van der Waals surface area contributed by atoms with Gasteiger partial charge in [0.2, 0.25) is 5.91 Å². The van der Waals surface area contributed by atoms with Crippen molar-refractivity contribution < 1.29 is 29.3 Å². The number of carboxylic acid groups (broad SMARTS) is 1. The predicted octanol–water partition coefficient (Wildman–Crippen LogP) is -0.357. The molecule has 1 amide bonds. The third kappa shape index (κ3) is 3.41. The summed E-state index contributed by atoms with van der Waals surface area (Å²) in [4.78, 5) is 36.4. The van der Waals surface area contributed by atoms with Gasteiger partial charge in [0.05, 0.1) is 18.1 Å². The van der Waals surface area contributed by atoms with Crippen molar-refractivity contribution in [3.63, 3.8) is 0 Å². The maximum Gasteiger partial charge on any atom is 0.353 e. The Kier molecular flexibility index (Phi) is 5.45. The number of nitrogens with two attached hydrogens (primary N) is 1. The van der Waals surface area contributed by atoms with E-state index >= 15 is 0 Å². The topological polar surface area (TPSA) is 130 Å². The minimum Gasteiger partial charge on any atom is -0.477 e. The van der Waals surface area contributed by atoms with Gasteiger partial charge in [-0.15, -0.1) is 0 Å². The largest absolute Gasteiger partial charge is 0.477 e. The van der Waals surface area contributed by atoms with Gasteiger partial charge in [0, 0.05) is 23.9 Å². The van der Waals surface area contributed by atoms with Crippen LogP contribution in [0.15, 0.2) is 22.1 Å². The van der Waals surface area contributed by atoms with Crippen molar-refractivity contribution in [1.82, 2.24) is 4.90 Å². The zero-order valence-electron chi connectivity index (χ0n) is 12.5. The van der Waals surface area contributed by atoms with E-state index in [1.807, 2.05) is 0 Å². The monoisotopic (exact) mass is 342 g/mol. The smallest absolute Gasteiger partial charge is 0.353 e. The number of hydrogen-bond acceptors (Lipinski definition) is 7. The number of fused-ring (bicyclic) bond motifs is 1. The molecular formula is C14H18N2O6S. The average molecular weight is 342 g/mol. The summed E-state index contributed by atoms with van der Waals surface area (Å²) in [5.41, 5.74) is 5.13. The lowest BCUT2D eigenvalue weighted by atomic mass is 9.83. The zero-order valence-corrected chi connectivity index (χ0v) is 13.3. The van der Waals surface area contributed by atoms with Gasteiger partial charge in [-0.2, -0.15) is 0 Å². The van der Waals surface area contributed by atoms with Gasteiger partial charge in [-0.05, 0) is 12.3 Å². The van der Waals surface area contributed by atoms with E-state index in [2.05, 4.69) is 0 Å². The van der Waals surface area contributed by atoms with E-state index in [1.165, 1.54) is 23.3 Å². The molecule has 0 aromatic carbocycles. The number of amides is 1. The number of nitrogens with zero attached hydrogens (tertiary/aromatic N) is 1. The van der Waals surface area contributed by atoms with Gasteiger partial charge >= 0.3 is 11.9 Å². The third-order valence-electron chi connectivity index (χ3n) is 3.67. The lowest BCUT2D eigenvalue weighted by molar-refractivity contribution is -0.161. The molecule has 1 fully saturated rings. The van der Waals surface area contributed by atoms with Crippen molar-refractivity contribution in [2.75, 3.05) is 13.2 Å². The van der Waals surface area contributed by atoms with E-state index in [4.69, 9.17) is 10.5 Å². The van der Waals surface area contributed by atoms with Crippen LogP contribution in [0.1, 0.15) is 13.3 Å². The summed E-state index contributed by atoms with van der Waals surface area (Å²) in [5, 5.41) is 20.4. The Bertz CT molecular complexity index is 586. The number of aliphatic hydroxyl groups is 1. The highest BCUT2D eigenvalue weighted by molar-refractivity contribution is 8.05. The number of carbonyl (C=O) groups is 3. The molecule has 0 spiro atoms. The SMILES string of the molecule is C[C@H](O)[C@@H]1C(=O)N2C(C(=O)O)=C(SC=CC(=O)OCCN)C[C@H]12. The fourth-order valence-corrected chi connectivity index (χ4v) is 3.62. The Morgan fingerprint density at radius 1 is 1.57 bits per heavy atom. The summed E-state index contributed by atoms with van der Waals surface area (Å²) in [7, 11) is 0. The molecule has 0 aromatic rings. The van der Waals surface area contributed by atoms with Crippen LogP contribution >= 0.6 is 11.8 Å². The van der Waals surface area contributed by atoms with Crippen LogP contribution in [-0.4, -0.2) is 58.3 Å². The standard InChI is InChI=1S/C14H18N2O6S/c1-7(17)11-8-6-9(12(14(20)21)16(8)13(11)19)23-5-2-10(18)22-4-3-15/h2,5,7-8,11,17H,3-4,6,15H2,1H3,(H,20,21)/t7-,8+,11-/m0/s1. The van der Waals surface area contributed by atoms with Gasteiger partial charge in [0.25, 0.3) is 0 Å². The second-order valence-corrected chi connectivity index (χ2v) is 6.20. The molecule has 23 heavy (non-hydrogen) atoms. The first kappa shape index (κ1) is 17.5. The normalized spacial score (nSPS) is 24.7. The van der Waals surface area contributed by atoms with E-state index in [-0.39, 0.29) is 30.8 Å². The van der Waals surface area contributed by atoms with Crippen LogP contribution in [0.2, 0.25) is 0 Å². The molecule has 3 atom stereocenters. The molecule has 2 rings (SSSR count). The predicted molar refractivity (Wildman–Crippen MR) is 81.8 cm³/mol. The Morgan fingerprint density at radius 2 is 2.26 bits per heavy atom. The highest BCUT2D eigenvalue weighted by atomic mass is 32.2. The molecule has 0 aromatic heterocycles. The number of aliphatic hydroxyl groups excluding tert-OH is 1. The lowest BCUT2D eigenvalue weighted by Crippen LogP contribution is -2.61. The molecule has 0 bridgehead atoms. The van der Waals surface area contributed by atoms with Crippen molar-refractivity contribution in [2.45, 2.75) is 25.5 Å². The van der Waals surface area contributed by atoms with E-state index < -0.39 is 24.0 Å². The highest BCUT2D eigenvalue weighted by Crippen LogP contribution is 2.47. The Labute approximate surface area is 137 Å². The Morgan fingerprint density at radius 3 is 2.83 bits per heavy atom.